The maximum atomic E-state index is 12.1. The smallest absolute Gasteiger partial charge is 0.317 e. The van der Waals surface area contributed by atoms with Gasteiger partial charge in [0.2, 0.25) is 0 Å². The summed E-state index contributed by atoms with van der Waals surface area (Å²) in [5.41, 5.74) is 0. The first kappa shape index (κ1) is 20.1. The van der Waals surface area contributed by atoms with Gasteiger partial charge in [0.05, 0.1) is 10.6 Å². The normalized spacial score (nSPS) is 12.0. The molecule has 0 spiro atoms. The predicted molar refractivity (Wildman–Crippen MR) is 105 cm³/mol. The molecule has 0 radical (unpaired) electrons. The van der Waals surface area contributed by atoms with E-state index in [0.29, 0.717) is 17.5 Å². The Morgan fingerprint density at radius 1 is 1.43 bits per heavy atom. The number of aromatic nitrogens is 4. The Labute approximate surface area is 169 Å². The molecule has 0 saturated heterocycles. The predicted octanol–water partition coefficient (Wildman–Crippen LogP) is 2.99. The number of thiophene rings is 1. The highest BCUT2D eigenvalue weighted by Gasteiger charge is 2.21. The topological polar surface area (TPSA) is 112 Å². The lowest BCUT2D eigenvalue weighted by molar-refractivity contribution is -0.150. The van der Waals surface area contributed by atoms with E-state index in [-0.39, 0.29) is 11.6 Å². The molecule has 0 saturated carbocycles. The van der Waals surface area contributed by atoms with Gasteiger partial charge in [-0.15, -0.1) is 21.5 Å². The minimum atomic E-state index is -0.962. The highest BCUT2D eigenvalue weighted by atomic mass is 32.2. The third kappa shape index (κ3) is 4.78. The number of amides is 1. The molecule has 11 heteroatoms. The molecule has 28 heavy (non-hydrogen) atoms. The Morgan fingerprint density at radius 3 is 2.89 bits per heavy atom. The van der Waals surface area contributed by atoms with Crippen LogP contribution in [0, 0.1) is 6.92 Å². The third-order valence-electron chi connectivity index (χ3n) is 3.65. The van der Waals surface area contributed by atoms with E-state index in [9.17, 15) is 9.59 Å². The zero-order valence-electron chi connectivity index (χ0n) is 15.5. The molecular formula is C17H19N5O4S2. The largest absolute Gasteiger partial charge is 0.452 e. The molecule has 0 fully saturated rings. The highest BCUT2D eigenvalue weighted by Crippen LogP contribution is 2.27. The summed E-state index contributed by atoms with van der Waals surface area (Å²) in [5, 5.41) is 17.2. The molecule has 0 aliphatic heterocycles. The second-order valence-electron chi connectivity index (χ2n) is 5.76. The van der Waals surface area contributed by atoms with Crippen LogP contribution in [0.5, 0.6) is 0 Å². The Hall–Kier alpha value is -2.66. The molecule has 1 N–H and O–H groups in total. The third-order valence-corrected chi connectivity index (χ3v) is 5.46. The van der Waals surface area contributed by atoms with Crippen molar-refractivity contribution in [2.75, 3.05) is 11.1 Å². The Kier molecular flexibility index (Phi) is 6.47. The second-order valence-corrected chi connectivity index (χ2v) is 7.65. The first-order valence-electron chi connectivity index (χ1n) is 8.51. The minimum absolute atomic E-state index is 0.0171. The molecule has 1 unspecified atom stereocenters. The van der Waals surface area contributed by atoms with Crippen molar-refractivity contribution in [2.45, 2.75) is 38.6 Å². The molecule has 0 aromatic carbocycles. The minimum Gasteiger partial charge on any atom is -0.452 e. The number of nitrogens with zero attached hydrogens (tertiary/aromatic N) is 4. The quantitative estimate of drug-likeness (QED) is 0.436. The van der Waals surface area contributed by atoms with Crippen molar-refractivity contribution in [3.8, 4) is 10.7 Å². The fourth-order valence-corrected chi connectivity index (χ4v) is 3.83. The summed E-state index contributed by atoms with van der Waals surface area (Å²) in [5.74, 6) is 0.624. The number of esters is 1. The van der Waals surface area contributed by atoms with Gasteiger partial charge in [-0.2, -0.15) is 0 Å². The number of nitrogens with one attached hydrogen (secondary N) is 1. The van der Waals surface area contributed by atoms with Crippen molar-refractivity contribution in [1.29, 1.82) is 0 Å². The molecule has 0 aliphatic rings. The van der Waals surface area contributed by atoms with E-state index in [1.54, 1.807) is 24.3 Å². The molecular weight excluding hydrogens is 402 g/mol. The summed E-state index contributed by atoms with van der Waals surface area (Å²) >= 11 is 2.80. The van der Waals surface area contributed by atoms with E-state index in [1.165, 1.54) is 18.7 Å². The van der Waals surface area contributed by atoms with Crippen LogP contribution < -0.4 is 5.32 Å². The van der Waals surface area contributed by atoms with Gasteiger partial charge in [0, 0.05) is 12.6 Å². The summed E-state index contributed by atoms with van der Waals surface area (Å²) < 4.78 is 12.0. The number of aryl methyl sites for hydroxylation is 1. The molecule has 0 bridgehead atoms. The number of carbonyl (C=O) groups excluding carboxylic acids is 2. The summed E-state index contributed by atoms with van der Waals surface area (Å²) in [6.45, 7) is 5.87. The molecule has 148 valence electrons. The van der Waals surface area contributed by atoms with Crippen LogP contribution in [-0.4, -0.2) is 43.7 Å². The van der Waals surface area contributed by atoms with Crippen molar-refractivity contribution in [2.24, 2.45) is 0 Å². The van der Waals surface area contributed by atoms with E-state index in [2.05, 4.69) is 20.7 Å². The molecule has 3 aromatic heterocycles. The summed E-state index contributed by atoms with van der Waals surface area (Å²) in [4.78, 5) is 25.2. The average molecular weight is 422 g/mol. The van der Waals surface area contributed by atoms with Gasteiger partial charge in [0.15, 0.2) is 22.9 Å². The number of rotatable bonds is 8. The van der Waals surface area contributed by atoms with Crippen LogP contribution in [0.1, 0.15) is 19.6 Å². The van der Waals surface area contributed by atoms with Crippen LogP contribution in [0.4, 0.5) is 5.82 Å². The Morgan fingerprint density at radius 2 is 2.25 bits per heavy atom. The van der Waals surface area contributed by atoms with Gasteiger partial charge in [-0.3, -0.25) is 9.59 Å². The average Bonchev–Trinajstić information content (AvgIpc) is 3.40. The van der Waals surface area contributed by atoms with Crippen molar-refractivity contribution < 1.29 is 18.8 Å². The first-order valence-corrected chi connectivity index (χ1v) is 10.4. The van der Waals surface area contributed by atoms with Crippen LogP contribution in [-0.2, 0) is 20.9 Å². The fraction of sp³-hybridized carbons (Fsp3) is 0.353. The van der Waals surface area contributed by atoms with Gasteiger partial charge in [0.25, 0.3) is 5.91 Å². The maximum Gasteiger partial charge on any atom is 0.317 e. The lowest BCUT2D eigenvalue weighted by atomic mass is 10.3. The maximum absolute atomic E-state index is 12.1. The van der Waals surface area contributed by atoms with Crippen LogP contribution in [0.15, 0.2) is 33.3 Å². The standard InChI is InChI=1S/C17H19N5O4S2/c1-4-22-15(12-6-5-7-27-12)19-20-17(22)28-9-14(23)25-11(3)16(24)18-13-8-10(2)26-21-13/h5-8,11H,4,9H2,1-3H3,(H,18,21,24). The van der Waals surface area contributed by atoms with Crippen molar-refractivity contribution in [3.63, 3.8) is 0 Å². The first-order chi connectivity index (χ1) is 13.5. The Balaban J connectivity index is 1.53. The zero-order chi connectivity index (χ0) is 20.1. The van der Waals surface area contributed by atoms with Gasteiger partial charge in [0.1, 0.15) is 5.76 Å². The molecule has 3 heterocycles. The number of hydrogen-bond donors (Lipinski definition) is 1. The van der Waals surface area contributed by atoms with E-state index >= 15 is 0 Å². The monoisotopic (exact) mass is 421 g/mol. The van der Waals surface area contributed by atoms with E-state index in [4.69, 9.17) is 9.26 Å². The van der Waals surface area contributed by atoms with Gasteiger partial charge < -0.3 is 19.1 Å². The van der Waals surface area contributed by atoms with E-state index < -0.39 is 18.0 Å². The SMILES string of the molecule is CCn1c(SCC(=O)OC(C)C(=O)Nc2cc(C)on2)nnc1-c1cccs1. The van der Waals surface area contributed by atoms with Gasteiger partial charge in [-0.1, -0.05) is 23.0 Å². The van der Waals surface area contributed by atoms with E-state index in [0.717, 1.165) is 10.7 Å². The number of ether oxygens (including phenoxy) is 1. The molecule has 1 atom stereocenters. The molecule has 1 amide bonds. The summed E-state index contributed by atoms with van der Waals surface area (Å²) in [6.07, 6.45) is -0.962. The lowest BCUT2D eigenvalue weighted by Crippen LogP contribution is -2.30. The van der Waals surface area contributed by atoms with Crippen molar-refractivity contribution in [1.82, 2.24) is 19.9 Å². The number of hydrogen-bond acceptors (Lipinski definition) is 9. The van der Waals surface area contributed by atoms with Gasteiger partial charge in [-0.05, 0) is 32.2 Å². The van der Waals surface area contributed by atoms with Crippen molar-refractivity contribution >= 4 is 40.8 Å². The summed E-state index contributed by atoms with van der Waals surface area (Å²) in [6, 6.07) is 5.50. The zero-order valence-corrected chi connectivity index (χ0v) is 17.2. The van der Waals surface area contributed by atoms with Crippen LogP contribution in [0.25, 0.3) is 10.7 Å². The van der Waals surface area contributed by atoms with E-state index in [1.807, 2.05) is 29.0 Å². The second kappa shape index (κ2) is 9.02. The molecule has 9 nitrogen and oxygen atoms in total. The lowest BCUT2D eigenvalue weighted by Gasteiger charge is -2.12. The van der Waals surface area contributed by atoms with Gasteiger partial charge >= 0.3 is 5.97 Å². The molecule has 3 aromatic rings. The van der Waals surface area contributed by atoms with Crippen molar-refractivity contribution in [3.05, 3.63) is 29.3 Å². The highest BCUT2D eigenvalue weighted by molar-refractivity contribution is 7.99. The fourth-order valence-electron chi connectivity index (χ4n) is 2.33. The number of anilines is 1. The Bertz CT molecular complexity index is 951. The summed E-state index contributed by atoms with van der Waals surface area (Å²) in [7, 11) is 0. The van der Waals surface area contributed by atoms with Crippen LogP contribution in [0.2, 0.25) is 0 Å². The van der Waals surface area contributed by atoms with Gasteiger partial charge in [-0.25, -0.2) is 0 Å². The number of carbonyl (C=O) groups is 2. The molecule has 0 aliphatic carbocycles. The number of thioether (sulfide) groups is 1. The van der Waals surface area contributed by atoms with Crippen LogP contribution >= 0.6 is 23.1 Å². The molecule has 3 rings (SSSR count). The van der Waals surface area contributed by atoms with Crippen LogP contribution in [0.3, 0.4) is 0 Å².